The molecule has 0 aliphatic carbocycles. The van der Waals surface area contributed by atoms with Crippen molar-refractivity contribution in [3.8, 4) is 0 Å². The fourth-order valence-corrected chi connectivity index (χ4v) is 2.29. The van der Waals surface area contributed by atoms with Crippen molar-refractivity contribution in [2.24, 2.45) is 0 Å². The van der Waals surface area contributed by atoms with Gasteiger partial charge in [0.2, 0.25) is 0 Å². The zero-order chi connectivity index (χ0) is 16.0. The van der Waals surface area contributed by atoms with Crippen LogP contribution >= 0.6 is 0 Å². The maximum atomic E-state index is 12.5. The number of nitro groups is 1. The van der Waals surface area contributed by atoms with Gasteiger partial charge in [-0.25, -0.2) is 0 Å². The second kappa shape index (κ2) is 7.58. The maximum absolute atomic E-state index is 12.5. The largest absolute Gasteiger partial charge is 0.395 e. The summed E-state index contributed by atoms with van der Waals surface area (Å²) in [6.07, 6.45) is 1.50. The molecular formula is C14H21N3O4. The van der Waals surface area contributed by atoms with E-state index in [9.17, 15) is 14.9 Å². The molecule has 1 rings (SSSR count). The highest BCUT2D eigenvalue weighted by Crippen LogP contribution is 2.24. The minimum atomic E-state index is -0.611. The number of hydrogen-bond donors (Lipinski definition) is 2. The van der Waals surface area contributed by atoms with E-state index in [1.165, 1.54) is 18.2 Å². The lowest BCUT2D eigenvalue weighted by atomic mass is 10.1. The molecule has 1 amide bonds. The van der Waals surface area contributed by atoms with Gasteiger partial charge in [-0.3, -0.25) is 14.9 Å². The Labute approximate surface area is 123 Å². The van der Waals surface area contributed by atoms with Gasteiger partial charge in [-0.05, 0) is 25.0 Å². The predicted octanol–water partition coefficient (Wildman–Crippen LogP) is 1.80. The van der Waals surface area contributed by atoms with Gasteiger partial charge in [0, 0.05) is 24.2 Å². The van der Waals surface area contributed by atoms with Crippen LogP contribution in [0.25, 0.3) is 0 Å². The van der Waals surface area contributed by atoms with Gasteiger partial charge in [0.15, 0.2) is 0 Å². The van der Waals surface area contributed by atoms with Gasteiger partial charge in [0.1, 0.15) is 5.69 Å². The molecule has 0 radical (unpaired) electrons. The maximum Gasteiger partial charge on any atom is 0.292 e. The lowest BCUT2D eigenvalue weighted by molar-refractivity contribution is -0.383. The van der Waals surface area contributed by atoms with Crippen molar-refractivity contribution in [1.29, 1.82) is 0 Å². The summed E-state index contributed by atoms with van der Waals surface area (Å²) in [5.74, 6) is -0.333. The van der Waals surface area contributed by atoms with Gasteiger partial charge in [-0.15, -0.1) is 0 Å². The van der Waals surface area contributed by atoms with E-state index in [1.54, 1.807) is 4.90 Å². The summed E-state index contributed by atoms with van der Waals surface area (Å²) in [5.41, 5.74) is 5.47. The Bertz CT molecular complexity index is 515. The van der Waals surface area contributed by atoms with Crippen LogP contribution in [0.1, 0.15) is 37.0 Å². The number of anilines is 1. The van der Waals surface area contributed by atoms with Crippen LogP contribution in [0.5, 0.6) is 0 Å². The van der Waals surface area contributed by atoms with Crippen molar-refractivity contribution in [2.45, 2.75) is 32.7 Å². The number of nitro benzene ring substituents is 1. The predicted molar refractivity (Wildman–Crippen MR) is 80.0 cm³/mol. The number of carbonyl (C=O) groups is 1. The van der Waals surface area contributed by atoms with Gasteiger partial charge in [-0.1, -0.05) is 13.8 Å². The average Bonchev–Trinajstić information content (AvgIpc) is 2.47. The first-order valence-electron chi connectivity index (χ1n) is 6.91. The highest BCUT2D eigenvalue weighted by Gasteiger charge is 2.24. The molecule has 0 saturated heterocycles. The zero-order valence-electron chi connectivity index (χ0n) is 12.3. The molecule has 21 heavy (non-hydrogen) atoms. The zero-order valence-corrected chi connectivity index (χ0v) is 12.3. The molecule has 0 unspecified atom stereocenters. The van der Waals surface area contributed by atoms with E-state index in [0.717, 1.165) is 12.8 Å². The van der Waals surface area contributed by atoms with Crippen LogP contribution in [0.4, 0.5) is 11.4 Å². The number of nitrogens with zero attached hydrogens (tertiary/aromatic N) is 2. The van der Waals surface area contributed by atoms with E-state index in [0.29, 0.717) is 0 Å². The monoisotopic (exact) mass is 295 g/mol. The SMILES string of the molecule is CCC(CC)N(CCO)C(=O)c1ccc(N)c([N+](=O)[O-])c1. The number of nitrogen functional groups attached to an aromatic ring is 1. The normalized spacial score (nSPS) is 10.7. The standard InChI is InChI=1S/C14H21N3O4/c1-3-11(4-2)16(7-8-18)14(19)10-5-6-12(15)13(9-10)17(20)21/h5-6,9,11,18H,3-4,7-8,15H2,1-2H3. The second-order valence-corrected chi connectivity index (χ2v) is 4.72. The molecule has 0 fully saturated rings. The Balaban J connectivity index is 3.14. The highest BCUT2D eigenvalue weighted by atomic mass is 16.6. The fraction of sp³-hybridized carbons (Fsp3) is 0.500. The van der Waals surface area contributed by atoms with Crippen LogP contribution in [-0.4, -0.2) is 40.0 Å². The molecule has 0 saturated carbocycles. The van der Waals surface area contributed by atoms with Crippen LogP contribution in [0.3, 0.4) is 0 Å². The molecule has 3 N–H and O–H groups in total. The van der Waals surface area contributed by atoms with Crippen LogP contribution in [0.2, 0.25) is 0 Å². The first-order valence-corrected chi connectivity index (χ1v) is 6.91. The summed E-state index contributed by atoms with van der Waals surface area (Å²) in [6.45, 7) is 3.96. The molecule has 0 aliphatic heterocycles. The molecule has 7 nitrogen and oxygen atoms in total. The van der Waals surface area contributed by atoms with Gasteiger partial charge in [0.05, 0.1) is 11.5 Å². The number of nitrogens with two attached hydrogens (primary N) is 1. The molecule has 0 atom stereocenters. The quantitative estimate of drug-likeness (QED) is 0.453. The Morgan fingerprint density at radius 1 is 1.43 bits per heavy atom. The third-order valence-corrected chi connectivity index (χ3v) is 3.46. The number of aliphatic hydroxyl groups is 1. The van der Waals surface area contributed by atoms with Crippen LogP contribution in [0.15, 0.2) is 18.2 Å². The van der Waals surface area contributed by atoms with E-state index in [1.807, 2.05) is 13.8 Å². The molecule has 7 heteroatoms. The summed E-state index contributed by atoms with van der Waals surface area (Å²) >= 11 is 0. The van der Waals surface area contributed by atoms with Crippen LogP contribution in [-0.2, 0) is 0 Å². The summed E-state index contributed by atoms with van der Waals surface area (Å²) in [4.78, 5) is 24.4. The lowest BCUT2D eigenvalue weighted by Crippen LogP contribution is -2.41. The minimum Gasteiger partial charge on any atom is -0.395 e. The van der Waals surface area contributed by atoms with Crippen molar-refractivity contribution >= 4 is 17.3 Å². The molecule has 116 valence electrons. The third-order valence-electron chi connectivity index (χ3n) is 3.46. The number of amides is 1. The van der Waals surface area contributed by atoms with Gasteiger partial charge in [-0.2, -0.15) is 0 Å². The van der Waals surface area contributed by atoms with Gasteiger partial charge in [0.25, 0.3) is 11.6 Å². The Kier molecular flexibility index (Phi) is 6.10. The molecule has 0 aliphatic rings. The third kappa shape index (κ3) is 3.91. The molecule has 0 spiro atoms. The molecule has 1 aromatic rings. The van der Waals surface area contributed by atoms with Crippen LogP contribution < -0.4 is 5.73 Å². The molecule has 0 heterocycles. The van der Waals surface area contributed by atoms with Crippen molar-refractivity contribution in [1.82, 2.24) is 4.90 Å². The summed E-state index contributed by atoms with van der Waals surface area (Å²) in [5, 5.41) is 20.0. The lowest BCUT2D eigenvalue weighted by Gasteiger charge is -2.30. The minimum absolute atomic E-state index is 0.0127. The second-order valence-electron chi connectivity index (χ2n) is 4.72. The van der Waals surface area contributed by atoms with E-state index in [4.69, 9.17) is 10.8 Å². The Hall–Kier alpha value is -2.15. The topological polar surface area (TPSA) is 110 Å². The van der Waals surface area contributed by atoms with E-state index in [2.05, 4.69) is 0 Å². The van der Waals surface area contributed by atoms with Crippen molar-refractivity contribution in [3.05, 3.63) is 33.9 Å². The highest BCUT2D eigenvalue weighted by molar-refractivity contribution is 5.95. The van der Waals surface area contributed by atoms with Crippen molar-refractivity contribution in [3.63, 3.8) is 0 Å². The number of carbonyl (C=O) groups excluding carboxylic acids is 1. The van der Waals surface area contributed by atoms with E-state index >= 15 is 0 Å². The van der Waals surface area contributed by atoms with Gasteiger partial charge >= 0.3 is 0 Å². The summed E-state index contributed by atoms with van der Waals surface area (Å²) < 4.78 is 0. The molecular weight excluding hydrogens is 274 g/mol. The number of benzene rings is 1. The molecule has 0 bridgehead atoms. The Morgan fingerprint density at radius 3 is 2.52 bits per heavy atom. The molecule has 1 aromatic carbocycles. The van der Waals surface area contributed by atoms with E-state index in [-0.39, 0.29) is 42.0 Å². The smallest absolute Gasteiger partial charge is 0.292 e. The number of hydrogen-bond acceptors (Lipinski definition) is 5. The fourth-order valence-electron chi connectivity index (χ4n) is 2.29. The summed E-state index contributed by atoms with van der Waals surface area (Å²) in [6, 6.07) is 4.00. The number of aliphatic hydroxyl groups excluding tert-OH is 1. The van der Waals surface area contributed by atoms with E-state index < -0.39 is 4.92 Å². The first kappa shape index (κ1) is 16.9. The van der Waals surface area contributed by atoms with Crippen molar-refractivity contribution < 1.29 is 14.8 Å². The number of rotatable bonds is 7. The van der Waals surface area contributed by atoms with Gasteiger partial charge < -0.3 is 15.7 Å². The first-order chi connectivity index (χ1) is 9.96. The van der Waals surface area contributed by atoms with Crippen molar-refractivity contribution in [2.75, 3.05) is 18.9 Å². The van der Waals surface area contributed by atoms with Crippen LogP contribution in [0, 0.1) is 10.1 Å². The molecule has 0 aromatic heterocycles. The Morgan fingerprint density at radius 2 is 2.05 bits per heavy atom. The summed E-state index contributed by atoms with van der Waals surface area (Å²) in [7, 11) is 0. The average molecular weight is 295 g/mol.